The second kappa shape index (κ2) is 4.42. The average Bonchev–Trinajstić information content (AvgIpc) is 2.80. The first-order valence-corrected chi connectivity index (χ1v) is 6.16. The predicted molar refractivity (Wildman–Crippen MR) is 64.5 cm³/mol. The normalized spacial score (nSPS) is 34.6. The lowest BCUT2D eigenvalue weighted by atomic mass is 9.77. The number of nitrogens with two attached hydrogens (primary N) is 1. The summed E-state index contributed by atoms with van der Waals surface area (Å²) in [5, 5.41) is 19.4. The molecule has 1 saturated carbocycles. The van der Waals surface area contributed by atoms with Gasteiger partial charge in [-0.2, -0.15) is 0 Å². The van der Waals surface area contributed by atoms with Crippen molar-refractivity contribution in [1.82, 2.24) is 0 Å². The number of fused-ring (bicyclic) bond motifs is 1. The number of aliphatic hydroxyl groups is 2. The number of hydrogen-bond donors (Lipinski definition) is 3. The van der Waals surface area contributed by atoms with Crippen LogP contribution in [0.3, 0.4) is 0 Å². The third-order valence-electron chi connectivity index (χ3n) is 3.79. The summed E-state index contributed by atoms with van der Waals surface area (Å²) in [4.78, 5) is 0. The standard InChI is InChI=1S/C13H17NO4/c14-9-5-11(16)10(15)4-8(9)7-1-2-12-13(3-7)18-6-17-12/h1-3,8-11,15-16H,4-6,14H2/t8-,9+,10+,11-/m1/s1. The minimum Gasteiger partial charge on any atom is -0.454 e. The van der Waals surface area contributed by atoms with Gasteiger partial charge in [-0.3, -0.25) is 0 Å². The molecule has 0 aromatic heterocycles. The molecule has 0 bridgehead atoms. The topological polar surface area (TPSA) is 84.9 Å². The van der Waals surface area contributed by atoms with Gasteiger partial charge in [-0.15, -0.1) is 0 Å². The summed E-state index contributed by atoms with van der Waals surface area (Å²) >= 11 is 0. The van der Waals surface area contributed by atoms with Crippen molar-refractivity contribution in [2.45, 2.75) is 37.0 Å². The zero-order valence-corrected chi connectivity index (χ0v) is 9.95. The fourth-order valence-corrected chi connectivity index (χ4v) is 2.72. The highest BCUT2D eigenvalue weighted by Gasteiger charge is 2.34. The maximum atomic E-state index is 9.76. The third-order valence-corrected chi connectivity index (χ3v) is 3.79. The van der Waals surface area contributed by atoms with Gasteiger partial charge in [-0.1, -0.05) is 6.07 Å². The zero-order chi connectivity index (χ0) is 12.7. The molecule has 1 fully saturated rings. The summed E-state index contributed by atoms with van der Waals surface area (Å²) in [6.07, 6.45) is -0.534. The van der Waals surface area contributed by atoms with E-state index in [4.69, 9.17) is 15.2 Å². The van der Waals surface area contributed by atoms with Crippen molar-refractivity contribution in [3.8, 4) is 11.5 Å². The van der Waals surface area contributed by atoms with E-state index in [0.29, 0.717) is 12.8 Å². The lowest BCUT2D eigenvalue weighted by Gasteiger charge is -2.35. The molecule has 2 aliphatic rings. The number of aliphatic hydroxyl groups excluding tert-OH is 2. The van der Waals surface area contributed by atoms with Crippen LogP contribution >= 0.6 is 0 Å². The molecule has 1 aromatic carbocycles. The van der Waals surface area contributed by atoms with E-state index in [2.05, 4.69) is 0 Å². The molecule has 4 N–H and O–H groups in total. The number of ether oxygens (including phenoxy) is 2. The van der Waals surface area contributed by atoms with Gasteiger partial charge in [-0.05, 0) is 30.5 Å². The second-order valence-electron chi connectivity index (χ2n) is 4.99. The lowest BCUT2D eigenvalue weighted by Crippen LogP contribution is -2.44. The SMILES string of the molecule is N[C@H]1C[C@@H](O)[C@@H](O)C[C@@H]1c1ccc2c(c1)OCO2. The van der Waals surface area contributed by atoms with Crippen LogP contribution < -0.4 is 15.2 Å². The van der Waals surface area contributed by atoms with Gasteiger partial charge in [0, 0.05) is 12.0 Å². The Morgan fingerprint density at radius 1 is 1.06 bits per heavy atom. The van der Waals surface area contributed by atoms with Crippen LogP contribution in [0, 0.1) is 0 Å². The van der Waals surface area contributed by atoms with Crippen molar-refractivity contribution in [3.05, 3.63) is 23.8 Å². The summed E-state index contributed by atoms with van der Waals surface area (Å²) in [5.74, 6) is 1.50. The highest BCUT2D eigenvalue weighted by Crippen LogP contribution is 2.38. The molecule has 0 amide bonds. The van der Waals surface area contributed by atoms with E-state index in [1.807, 2.05) is 18.2 Å². The Bertz CT molecular complexity index is 451. The average molecular weight is 251 g/mol. The summed E-state index contributed by atoms with van der Waals surface area (Å²) in [7, 11) is 0. The Labute approximate surface area is 105 Å². The Balaban J connectivity index is 1.85. The maximum absolute atomic E-state index is 9.76. The van der Waals surface area contributed by atoms with Gasteiger partial charge in [0.25, 0.3) is 0 Å². The molecule has 1 aromatic rings. The Kier molecular flexibility index (Phi) is 2.89. The van der Waals surface area contributed by atoms with E-state index in [1.54, 1.807) is 0 Å². The van der Waals surface area contributed by atoms with E-state index in [-0.39, 0.29) is 18.8 Å². The van der Waals surface area contributed by atoms with Gasteiger partial charge < -0.3 is 25.4 Å². The van der Waals surface area contributed by atoms with Gasteiger partial charge >= 0.3 is 0 Å². The van der Waals surface area contributed by atoms with Crippen molar-refractivity contribution in [1.29, 1.82) is 0 Å². The molecule has 1 heterocycles. The molecular formula is C13H17NO4. The summed E-state index contributed by atoms with van der Waals surface area (Å²) in [6, 6.07) is 5.57. The van der Waals surface area contributed by atoms with Crippen LogP contribution in [0.4, 0.5) is 0 Å². The van der Waals surface area contributed by atoms with Crippen LogP contribution in [0.1, 0.15) is 24.3 Å². The van der Waals surface area contributed by atoms with Crippen LogP contribution in [-0.2, 0) is 0 Å². The molecular weight excluding hydrogens is 234 g/mol. The summed E-state index contributed by atoms with van der Waals surface area (Å²) < 4.78 is 10.6. The molecule has 5 nitrogen and oxygen atoms in total. The van der Waals surface area contributed by atoms with Crippen LogP contribution in [0.5, 0.6) is 11.5 Å². The van der Waals surface area contributed by atoms with Crippen LogP contribution in [-0.4, -0.2) is 35.3 Å². The summed E-state index contributed by atoms with van der Waals surface area (Å²) in [6.45, 7) is 0.247. The minimum atomic E-state index is -0.717. The highest BCUT2D eigenvalue weighted by molar-refractivity contribution is 5.45. The monoisotopic (exact) mass is 251 g/mol. The molecule has 4 atom stereocenters. The van der Waals surface area contributed by atoms with Crippen molar-refractivity contribution in [3.63, 3.8) is 0 Å². The molecule has 0 radical (unpaired) electrons. The van der Waals surface area contributed by atoms with E-state index in [1.165, 1.54) is 0 Å². The van der Waals surface area contributed by atoms with Gasteiger partial charge in [0.2, 0.25) is 6.79 Å². The quantitative estimate of drug-likeness (QED) is 0.670. The fourth-order valence-electron chi connectivity index (χ4n) is 2.72. The summed E-state index contributed by atoms with van der Waals surface area (Å²) in [5.41, 5.74) is 7.09. The molecule has 18 heavy (non-hydrogen) atoms. The van der Waals surface area contributed by atoms with Gasteiger partial charge in [0.05, 0.1) is 12.2 Å². The Morgan fingerprint density at radius 2 is 1.78 bits per heavy atom. The number of benzene rings is 1. The van der Waals surface area contributed by atoms with E-state index in [0.717, 1.165) is 17.1 Å². The van der Waals surface area contributed by atoms with E-state index in [9.17, 15) is 10.2 Å². The first-order valence-electron chi connectivity index (χ1n) is 6.16. The lowest BCUT2D eigenvalue weighted by molar-refractivity contribution is -0.0209. The van der Waals surface area contributed by atoms with Crippen LogP contribution in [0.25, 0.3) is 0 Å². The second-order valence-corrected chi connectivity index (χ2v) is 4.99. The van der Waals surface area contributed by atoms with Crippen molar-refractivity contribution in [2.24, 2.45) is 5.73 Å². The number of rotatable bonds is 1. The molecule has 0 saturated heterocycles. The predicted octanol–water partition coefficient (Wildman–Crippen LogP) is 0.342. The minimum absolute atomic E-state index is 0.0397. The molecule has 0 unspecified atom stereocenters. The first kappa shape index (κ1) is 11.8. The van der Waals surface area contributed by atoms with Crippen LogP contribution in [0.15, 0.2) is 18.2 Å². The molecule has 0 spiro atoms. The Morgan fingerprint density at radius 3 is 2.61 bits per heavy atom. The largest absolute Gasteiger partial charge is 0.454 e. The maximum Gasteiger partial charge on any atom is 0.231 e. The molecule has 1 aliphatic carbocycles. The van der Waals surface area contributed by atoms with E-state index >= 15 is 0 Å². The zero-order valence-electron chi connectivity index (χ0n) is 9.95. The van der Waals surface area contributed by atoms with Crippen LogP contribution in [0.2, 0.25) is 0 Å². The molecule has 3 rings (SSSR count). The highest BCUT2D eigenvalue weighted by atomic mass is 16.7. The molecule has 98 valence electrons. The van der Waals surface area contributed by atoms with Gasteiger partial charge in [0.1, 0.15) is 0 Å². The Hall–Kier alpha value is -1.30. The fraction of sp³-hybridized carbons (Fsp3) is 0.538. The van der Waals surface area contributed by atoms with E-state index < -0.39 is 12.2 Å². The smallest absolute Gasteiger partial charge is 0.231 e. The van der Waals surface area contributed by atoms with Crippen molar-refractivity contribution >= 4 is 0 Å². The molecule has 5 heteroatoms. The van der Waals surface area contributed by atoms with Crippen molar-refractivity contribution in [2.75, 3.05) is 6.79 Å². The molecule has 1 aliphatic heterocycles. The van der Waals surface area contributed by atoms with Gasteiger partial charge in [0.15, 0.2) is 11.5 Å². The number of hydrogen-bond acceptors (Lipinski definition) is 5. The van der Waals surface area contributed by atoms with Crippen molar-refractivity contribution < 1.29 is 19.7 Å². The third kappa shape index (κ3) is 1.94. The van der Waals surface area contributed by atoms with Gasteiger partial charge in [-0.25, -0.2) is 0 Å². The first-order chi connectivity index (χ1) is 8.65.